The van der Waals surface area contributed by atoms with Crippen molar-refractivity contribution < 1.29 is 44.9 Å². The van der Waals surface area contributed by atoms with Crippen LogP contribution in [0.15, 0.2) is 0 Å². The first-order chi connectivity index (χ1) is 7.99. The van der Waals surface area contributed by atoms with Crippen molar-refractivity contribution in [2.75, 3.05) is 6.61 Å². The monoisotopic (exact) mass is 252 g/mol. The second-order valence-corrected chi connectivity index (χ2v) is 2.69. The molecule has 0 amide bonds. The SMILES string of the molecule is O=C[C@H](O[B]O)[C@@H](O)[C@H](O)[C@H](O)CO.O[B]O. The summed E-state index contributed by atoms with van der Waals surface area (Å²) in [6.45, 7) is -0.771. The van der Waals surface area contributed by atoms with Crippen molar-refractivity contribution in [2.24, 2.45) is 0 Å². The van der Waals surface area contributed by atoms with Crippen LogP contribution >= 0.6 is 0 Å². The molecule has 0 fully saturated rings. The molecule has 0 aliphatic heterocycles. The highest BCUT2D eigenvalue weighted by Gasteiger charge is 2.31. The van der Waals surface area contributed by atoms with Crippen molar-refractivity contribution in [1.29, 1.82) is 0 Å². The average molecular weight is 252 g/mol. The molecule has 0 aromatic rings. The smallest absolute Gasteiger partial charge is 0.429 e. The standard InChI is InChI=1S/C6H12BO7.BH2O2/c8-1-3(10)5(11)6(12)4(2-9)14-7-13;2-1-3/h2-6,8,10-13H,1H2;2-3H/t3-,4+,5-,6-;/m1./s1. The van der Waals surface area contributed by atoms with Crippen molar-refractivity contribution >= 4 is 21.7 Å². The van der Waals surface area contributed by atoms with Gasteiger partial charge < -0.3 is 44.9 Å². The van der Waals surface area contributed by atoms with Gasteiger partial charge >= 0.3 is 15.4 Å². The van der Waals surface area contributed by atoms with Gasteiger partial charge in [0.2, 0.25) is 0 Å². The van der Waals surface area contributed by atoms with E-state index in [-0.39, 0.29) is 21.7 Å². The van der Waals surface area contributed by atoms with Gasteiger partial charge in [0.15, 0.2) is 0 Å². The van der Waals surface area contributed by atoms with Gasteiger partial charge in [0, 0.05) is 0 Å². The molecule has 4 atom stereocenters. The first-order valence-electron chi connectivity index (χ1n) is 4.31. The Balaban J connectivity index is 0. The van der Waals surface area contributed by atoms with Crippen molar-refractivity contribution in [1.82, 2.24) is 0 Å². The Morgan fingerprint density at radius 2 is 1.59 bits per heavy atom. The molecule has 0 aromatic heterocycles. The van der Waals surface area contributed by atoms with E-state index in [9.17, 15) is 9.90 Å². The molecule has 0 saturated carbocycles. The minimum atomic E-state index is -1.74. The largest absolute Gasteiger partial charge is 0.485 e. The van der Waals surface area contributed by atoms with Crippen molar-refractivity contribution in [3.8, 4) is 0 Å². The summed E-state index contributed by atoms with van der Waals surface area (Å²) >= 11 is 0. The fraction of sp³-hybridized carbons (Fsp3) is 0.833. The number of carbonyl (C=O) groups is 1. The van der Waals surface area contributed by atoms with Gasteiger partial charge in [-0.1, -0.05) is 0 Å². The number of hydrogen-bond acceptors (Lipinski definition) is 9. The summed E-state index contributed by atoms with van der Waals surface area (Å²) in [5.41, 5.74) is 0. The van der Waals surface area contributed by atoms with E-state index in [4.69, 9.17) is 30.4 Å². The highest BCUT2D eigenvalue weighted by atomic mass is 16.5. The molecule has 0 saturated heterocycles. The second-order valence-electron chi connectivity index (χ2n) is 2.69. The van der Waals surface area contributed by atoms with Crippen LogP contribution in [-0.2, 0) is 9.45 Å². The maximum absolute atomic E-state index is 10.3. The lowest BCUT2D eigenvalue weighted by Gasteiger charge is -2.25. The summed E-state index contributed by atoms with van der Waals surface area (Å²) in [6.07, 6.45) is -6.43. The Hall–Kier alpha value is -0.520. The number of aliphatic hydroxyl groups excluding tert-OH is 4. The van der Waals surface area contributed by atoms with Gasteiger partial charge in [0.25, 0.3) is 0 Å². The van der Waals surface area contributed by atoms with E-state index in [0.29, 0.717) is 0 Å². The van der Waals surface area contributed by atoms with Crippen LogP contribution in [0.5, 0.6) is 0 Å². The molecule has 9 nitrogen and oxygen atoms in total. The summed E-state index contributed by atoms with van der Waals surface area (Å²) in [6, 6.07) is 0. The quantitative estimate of drug-likeness (QED) is 0.173. The van der Waals surface area contributed by atoms with E-state index in [1.165, 1.54) is 0 Å². The molecule has 7 N–H and O–H groups in total. The highest BCUT2D eigenvalue weighted by molar-refractivity contribution is 6.16. The fourth-order valence-corrected chi connectivity index (χ4v) is 0.793. The molecule has 0 aromatic carbocycles. The molecular weight excluding hydrogens is 238 g/mol. The van der Waals surface area contributed by atoms with Crippen molar-refractivity contribution in [3.05, 3.63) is 0 Å². The minimum Gasteiger partial charge on any atom is -0.429 e. The number of rotatable bonds is 7. The zero-order chi connectivity index (χ0) is 13.8. The second kappa shape index (κ2) is 12.0. The summed E-state index contributed by atoms with van der Waals surface area (Å²) in [5.74, 6) is 0. The Labute approximate surface area is 98.5 Å². The zero-order valence-electron chi connectivity index (χ0n) is 8.70. The van der Waals surface area contributed by atoms with Crippen LogP contribution in [0.2, 0.25) is 0 Å². The van der Waals surface area contributed by atoms with E-state index >= 15 is 0 Å². The summed E-state index contributed by atoms with van der Waals surface area (Å²) in [5, 5.41) is 57.8. The maximum atomic E-state index is 10.3. The third-order valence-electron chi connectivity index (χ3n) is 1.62. The summed E-state index contributed by atoms with van der Waals surface area (Å²) in [7, 11) is 0.181. The zero-order valence-corrected chi connectivity index (χ0v) is 8.70. The van der Waals surface area contributed by atoms with Gasteiger partial charge in [-0.3, -0.25) is 0 Å². The third-order valence-corrected chi connectivity index (χ3v) is 1.62. The van der Waals surface area contributed by atoms with E-state index < -0.39 is 31.0 Å². The van der Waals surface area contributed by atoms with E-state index in [1.807, 2.05) is 0 Å². The third kappa shape index (κ3) is 8.24. The van der Waals surface area contributed by atoms with Gasteiger partial charge in [-0.25, -0.2) is 0 Å². The molecule has 17 heavy (non-hydrogen) atoms. The molecule has 0 aliphatic carbocycles. The van der Waals surface area contributed by atoms with E-state index in [0.717, 1.165) is 0 Å². The molecule has 0 unspecified atom stereocenters. The van der Waals surface area contributed by atoms with Gasteiger partial charge in [-0.15, -0.1) is 0 Å². The molecule has 0 bridgehead atoms. The predicted octanol–water partition coefficient (Wildman–Crippen LogP) is -5.32. The van der Waals surface area contributed by atoms with Crippen molar-refractivity contribution in [3.63, 3.8) is 0 Å². The molecule has 0 aliphatic rings. The summed E-state index contributed by atoms with van der Waals surface area (Å²) < 4.78 is 4.23. The molecule has 0 rings (SSSR count). The number of aldehydes is 1. The number of hydrogen-bond donors (Lipinski definition) is 7. The van der Waals surface area contributed by atoms with Crippen LogP contribution in [0, 0.1) is 0 Å². The van der Waals surface area contributed by atoms with Crippen LogP contribution in [0.1, 0.15) is 0 Å². The molecule has 0 heterocycles. The normalized spacial score (nSPS) is 16.9. The Kier molecular flexibility index (Phi) is 13.2. The summed E-state index contributed by atoms with van der Waals surface area (Å²) in [4.78, 5) is 10.3. The van der Waals surface area contributed by atoms with E-state index in [2.05, 4.69) is 4.65 Å². The molecular formula is C6H14B2O9. The Morgan fingerprint density at radius 3 is 1.88 bits per heavy atom. The van der Waals surface area contributed by atoms with Gasteiger partial charge in [0.1, 0.15) is 30.7 Å². The Bertz CT molecular complexity index is 183. The van der Waals surface area contributed by atoms with Gasteiger partial charge in [-0.2, -0.15) is 0 Å². The van der Waals surface area contributed by atoms with Crippen LogP contribution in [-0.4, -0.2) is 88.2 Å². The minimum absolute atomic E-state index is 0. The average Bonchev–Trinajstić information content (AvgIpc) is 2.34. The molecule has 0 spiro atoms. The van der Waals surface area contributed by atoms with Crippen LogP contribution < -0.4 is 0 Å². The van der Waals surface area contributed by atoms with Gasteiger partial charge in [-0.05, 0) is 0 Å². The predicted molar refractivity (Wildman–Crippen MR) is 54.2 cm³/mol. The fourth-order valence-electron chi connectivity index (χ4n) is 0.793. The maximum Gasteiger partial charge on any atom is 0.485 e. The van der Waals surface area contributed by atoms with E-state index in [1.54, 1.807) is 0 Å². The lowest BCUT2D eigenvalue weighted by atomic mass is 10.0. The van der Waals surface area contributed by atoms with Crippen LogP contribution in [0.25, 0.3) is 0 Å². The lowest BCUT2D eigenvalue weighted by molar-refractivity contribution is -0.133. The molecule has 11 heteroatoms. The number of carbonyl (C=O) groups excluding carboxylic acids is 1. The van der Waals surface area contributed by atoms with Crippen molar-refractivity contribution in [2.45, 2.75) is 24.4 Å². The van der Waals surface area contributed by atoms with Crippen LogP contribution in [0.4, 0.5) is 0 Å². The van der Waals surface area contributed by atoms with Gasteiger partial charge in [0.05, 0.1) is 6.61 Å². The van der Waals surface area contributed by atoms with Crippen LogP contribution in [0.3, 0.4) is 0 Å². The first kappa shape index (κ1) is 18.8. The first-order valence-corrected chi connectivity index (χ1v) is 4.31. The Morgan fingerprint density at radius 1 is 1.12 bits per heavy atom. The topological polar surface area (TPSA) is 168 Å². The highest BCUT2D eigenvalue weighted by Crippen LogP contribution is 2.05. The number of aliphatic hydroxyl groups is 4. The molecule has 2 radical (unpaired) electrons. The lowest BCUT2D eigenvalue weighted by Crippen LogP contribution is -2.47. The molecule has 98 valence electrons.